The zero-order valence-corrected chi connectivity index (χ0v) is 15.8. The fraction of sp³-hybridized carbons (Fsp3) is 0.438. The Labute approximate surface area is 159 Å². The van der Waals surface area contributed by atoms with Crippen molar-refractivity contribution in [1.82, 2.24) is 14.8 Å². The van der Waals surface area contributed by atoms with Crippen LogP contribution in [0.15, 0.2) is 30.5 Å². The Bertz CT molecular complexity index is 602. The molecular weight excluding hydrogens is 441 g/mol. The number of carbonyl (C=O) groups excluding carboxylic acids is 1. The van der Waals surface area contributed by atoms with Crippen LogP contribution in [0, 0.1) is 3.57 Å². The molecule has 1 N–H and O–H groups in total. The average Bonchev–Trinajstić information content (AvgIpc) is 2.62. The lowest BCUT2D eigenvalue weighted by Gasteiger charge is -2.25. The Morgan fingerprint density at radius 1 is 1.40 bits per heavy atom. The number of aromatic nitrogens is 1. The van der Waals surface area contributed by atoms with E-state index in [-0.39, 0.29) is 25.6 Å². The molecule has 1 aromatic heterocycles. The fourth-order valence-corrected chi connectivity index (χ4v) is 2.46. The van der Waals surface area contributed by atoms with Crippen molar-refractivity contribution >= 4 is 34.6 Å². The summed E-state index contributed by atoms with van der Waals surface area (Å²) in [6.45, 7) is 2.67. The van der Waals surface area contributed by atoms with Crippen LogP contribution >= 0.6 is 22.6 Å². The Morgan fingerprint density at radius 3 is 2.80 bits per heavy atom. The molecule has 1 saturated heterocycles. The molecule has 1 aliphatic rings. The average molecular weight is 461 g/mol. The van der Waals surface area contributed by atoms with Gasteiger partial charge in [0.2, 0.25) is 11.8 Å². The van der Waals surface area contributed by atoms with Crippen molar-refractivity contribution < 1.29 is 24.2 Å². The van der Waals surface area contributed by atoms with Gasteiger partial charge in [-0.3, -0.25) is 4.79 Å². The van der Waals surface area contributed by atoms with Crippen molar-refractivity contribution in [1.29, 1.82) is 0 Å². The van der Waals surface area contributed by atoms with E-state index in [1.807, 2.05) is 6.07 Å². The molecule has 0 unspecified atom stereocenters. The predicted octanol–water partition coefficient (Wildman–Crippen LogP) is 1.46. The second-order valence-corrected chi connectivity index (χ2v) is 6.48. The van der Waals surface area contributed by atoms with Gasteiger partial charge in [-0.05, 0) is 28.7 Å². The summed E-state index contributed by atoms with van der Waals surface area (Å²) in [4.78, 5) is 30.2. The first kappa shape index (κ1) is 19.4. The van der Waals surface area contributed by atoms with Crippen LogP contribution in [-0.4, -0.2) is 77.9 Å². The van der Waals surface area contributed by atoms with Crippen LogP contribution < -0.4 is 4.74 Å². The standard InChI is InChI=1S/C16H20IN3O5/c17-13-3-4-14(18-12-13)25-11-8-20(16(22)23)5-1-2-15(21)19-6-9-24-10-7-19/h1-4,12H,5-11H2,(H,22,23)/b2-1+. The maximum Gasteiger partial charge on any atom is 0.407 e. The molecule has 0 radical (unpaired) electrons. The summed E-state index contributed by atoms with van der Waals surface area (Å²) in [5, 5.41) is 9.23. The van der Waals surface area contributed by atoms with E-state index in [2.05, 4.69) is 27.6 Å². The van der Waals surface area contributed by atoms with Crippen LogP contribution in [0.5, 0.6) is 5.88 Å². The van der Waals surface area contributed by atoms with Gasteiger partial charge >= 0.3 is 6.09 Å². The third kappa shape index (κ3) is 6.86. The Morgan fingerprint density at radius 2 is 2.16 bits per heavy atom. The van der Waals surface area contributed by atoms with Crippen LogP contribution in [0.25, 0.3) is 0 Å². The molecule has 1 fully saturated rings. The van der Waals surface area contributed by atoms with E-state index in [4.69, 9.17) is 9.47 Å². The Hall–Kier alpha value is -1.88. The molecule has 0 aliphatic carbocycles. The van der Waals surface area contributed by atoms with E-state index in [0.29, 0.717) is 32.2 Å². The molecule has 25 heavy (non-hydrogen) atoms. The van der Waals surface area contributed by atoms with Crippen molar-refractivity contribution in [2.24, 2.45) is 0 Å². The molecule has 0 saturated carbocycles. The van der Waals surface area contributed by atoms with Gasteiger partial charge in [-0.15, -0.1) is 0 Å². The molecular formula is C16H20IN3O5. The fourth-order valence-electron chi connectivity index (χ4n) is 2.14. The van der Waals surface area contributed by atoms with E-state index < -0.39 is 6.09 Å². The van der Waals surface area contributed by atoms with Crippen LogP contribution in [0.1, 0.15) is 0 Å². The number of amides is 2. The highest BCUT2D eigenvalue weighted by Gasteiger charge is 2.15. The highest BCUT2D eigenvalue weighted by atomic mass is 127. The molecule has 2 amide bonds. The largest absolute Gasteiger partial charge is 0.476 e. The first-order valence-corrected chi connectivity index (χ1v) is 8.89. The third-order valence-corrected chi connectivity index (χ3v) is 4.13. The number of nitrogens with zero attached hydrogens (tertiary/aromatic N) is 3. The molecule has 2 rings (SSSR count). The first-order valence-electron chi connectivity index (χ1n) is 7.81. The van der Waals surface area contributed by atoms with Gasteiger partial charge in [0.25, 0.3) is 0 Å². The van der Waals surface area contributed by atoms with Crippen LogP contribution in [0.3, 0.4) is 0 Å². The van der Waals surface area contributed by atoms with Gasteiger partial charge in [0, 0.05) is 41.5 Å². The van der Waals surface area contributed by atoms with E-state index in [0.717, 1.165) is 3.57 Å². The van der Waals surface area contributed by atoms with Crippen LogP contribution in [0.4, 0.5) is 4.79 Å². The topological polar surface area (TPSA) is 92.2 Å². The van der Waals surface area contributed by atoms with Crippen molar-refractivity contribution in [3.8, 4) is 5.88 Å². The van der Waals surface area contributed by atoms with Crippen molar-refractivity contribution in [3.63, 3.8) is 0 Å². The van der Waals surface area contributed by atoms with Gasteiger partial charge in [-0.1, -0.05) is 6.08 Å². The van der Waals surface area contributed by atoms with E-state index in [1.165, 1.54) is 11.0 Å². The van der Waals surface area contributed by atoms with E-state index >= 15 is 0 Å². The summed E-state index contributed by atoms with van der Waals surface area (Å²) in [5.74, 6) is 0.316. The van der Waals surface area contributed by atoms with Gasteiger partial charge in [0.15, 0.2) is 0 Å². The summed E-state index contributed by atoms with van der Waals surface area (Å²) in [7, 11) is 0. The molecule has 0 aromatic carbocycles. The number of hydrogen-bond acceptors (Lipinski definition) is 5. The molecule has 9 heteroatoms. The number of carbonyl (C=O) groups is 2. The molecule has 0 atom stereocenters. The van der Waals surface area contributed by atoms with Crippen molar-refractivity contribution in [2.75, 3.05) is 46.0 Å². The van der Waals surface area contributed by atoms with Crippen molar-refractivity contribution in [2.45, 2.75) is 0 Å². The van der Waals surface area contributed by atoms with Crippen LogP contribution in [0.2, 0.25) is 0 Å². The molecule has 1 aliphatic heterocycles. The monoisotopic (exact) mass is 461 g/mol. The summed E-state index contributed by atoms with van der Waals surface area (Å²) in [6, 6.07) is 3.59. The number of halogens is 1. The lowest BCUT2D eigenvalue weighted by molar-refractivity contribution is -0.130. The summed E-state index contributed by atoms with van der Waals surface area (Å²) >= 11 is 2.14. The molecule has 0 bridgehead atoms. The number of hydrogen-bond donors (Lipinski definition) is 1. The second-order valence-electron chi connectivity index (χ2n) is 5.23. The number of pyridine rings is 1. The van der Waals surface area contributed by atoms with Gasteiger partial charge < -0.3 is 24.4 Å². The molecule has 0 spiro atoms. The van der Waals surface area contributed by atoms with E-state index in [1.54, 1.807) is 23.2 Å². The summed E-state index contributed by atoms with van der Waals surface area (Å²) < 4.78 is 11.6. The lowest BCUT2D eigenvalue weighted by atomic mass is 10.3. The quantitative estimate of drug-likeness (QED) is 0.489. The predicted molar refractivity (Wildman–Crippen MR) is 98.6 cm³/mol. The highest BCUT2D eigenvalue weighted by Crippen LogP contribution is 2.09. The normalized spacial score (nSPS) is 14.5. The molecule has 136 valence electrons. The van der Waals surface area contributed by atoms with Gasteiger partial charge in [0.1, 0.15) is 6.61 Å². The minimum Gasteiger partial charge on any atom is -0.476 e. The maximum atomic E-state index is 12.0. The Kier molecular flexibility index (Phi) is 7.92. The number of rotatable bonds is 7. The SMILES string of the molecule is O=C(O)N(C/C=C/C(=O)N1CCOCC1)CCOc1ccc(I)cn1. The molecule has 2 heterocycles. The van der Waals surface area contributed by atoms with Crippen LogP contribution in [-0.2, 0) is 9.53 Å². The minimum atomic E-state index is -1.07. The molecule has 8 nitrogen and oxygen atoms in total. The Balaban J connectivity index is 1.75. The summed E-state index contributed by atoms with van der Waals surface area (Å²) in [5.41, 5.74) is 0. The lowest BCUT2D eigenvalue weighted by Crippen LogP contribution is -2.40. The molecule has 1 aromatic rings. The zero-order chi connectivity index (χ0) is 18.1. The van der Waals surface area contributed by atoms with Gasteiger partial charge in [0.05, 0.1) is 19.8 Å². The number of carboxylic acid groups (broad SMARTS) is 1. The smallest absolute Gasteiger partial charge is 0.407 e. The van der Waals surface area contributed by atoms with Gasteiger partial charge in [-0.25, -0.2) is 9.78 Å². The minimum absolute atomic E-state index is 0.120. The number of morpholine rings is 1. The van der Waals surface area contributed by atoms with Crippen molar-refractivity contribution in [3.05, 3.63) is 34.1 Å². The third-order valence-electron chi connectivity index (χ3n) is 3.49. The maximum absolute atomic E-state index is 12.0. The van der Waals surface area contributed by atoms with Gasteiger partial charge in [-0.2, -0.15) is 0 Å². The highest BCUT2D eigenvalue weighted by molar-refractivity contribution is 14.1. The second kappa shape index (κ2) is 10.2. The summed E-state index contributed by atoms with van der Waals surface area (Å²) in [6.07, 6.45) is 3.56. The number of ether oxygens (including phenoxy) is 2. The first-order chi connectivity index (χ1) is 12.1. The zero-order valence-electron chi connectivity index (χ0n) is 13.6. The van der Waals surface area contributed by atoms with E-state index in [9.17, 15) is 14.7 Å².